The third-order valence-corrected chi connectivity index (χ3v) is 5.99. The van der Waals surface area contributed by atoms with Crippen LogP contribution in [0.25, 0.3) is 0 Å². The molecule has 8 nitrogen and oxygen atoms in total. The van der Waals surface area contributed by atoms with Crippen LogP contribution < -0.4 is 9.62 Å². The Morgan fingerprint density at radius 1 is 1.21 bits per heavy atom. The molecule has 28 heavy (non-hydrogen) atoms. The van der Waals surface area contributed by atoms with Crippen molar-refractivity contribution in [3.63, 3.8) is 0 Å². The zero-order chi connectivity index (χ0) is 21.2. The van der Waals surface area contributed by atoms with Gasteiger partial charge in [0, 0.05) is 6.07 Å². The minimum absolute atomic E-state index is 0.134. The molecule has 1 N–H and O–H groups in total. The van der Waals surface area contributed by atoms with Crippen molar-refractivity contribution in [3.8, 4) is 0 Å². The predicted molar refractivity (Wildman–Crippen MR) is 110 cm³/mol. The molecule has 0 aliphatic heterocycles. The molecule has 0 bridgehead atoms. The fourth-order valence-corrected chi connectivity index (χ4v) is 4.08. The zero-order valence-electron chi connectivity index (χ0n) is 15.1. The quantitative estimate of drug-likeness (QED) is 0.533. The van der Waals surface area contributed by atoms with Crippen LogP contribution in [0.15, 0.2) is 36.4 Å². The maximum absolute atomic E-state index is 12.7. The number of anilines is 2. The van der Waals surface area contributed by atoms with Crippen molar-refractivity contribution in [1.29, 1.82) is 0 Å². The first-order valence-corrected chi connectivity index (χ1v) is 10.5. The number of nitro benzene ring substituents is 1. The van der Waals surface area contributed by atoms with Gasteiger partial charge in [0.1, 0.15) is 6.04 Å². The van der Waals surface area contributed by atoms with Crippen molar-refractivity contribution in [3.05, 3.63) is 62.1 Å². The summed E-state index contributed by atoms with van der Waals surface area (Å²) in [6, 6.07) is 7.27. The second kappa shape index (κ2) is 8.34. The lowest BCUT2D eigenvalue weighted by atomic mass is 10.1. The largest absolute Gasteiger partial charge is 0.324 e. The Bertz CT molecular complexity index is 1040. The molecular formula is C17H17Cl2N3O5S. The summed E-state index contributed by atoms with van der Waals surface area (Å²) in [5, 5.41) is 14.0. The number of nitrogens with zero attached hydrogens (tertiary/aromatic N) is 2. The van der Waals surface area contributed by atoms with E-state index in [2.05, 4.69) is 5.32 Å². The third-order valence-electron chi connectivity index (χ3n) is 4.01. The van der Waals surface area contributed by atoms with Crippen LogP contribution in [0.3, 0.4) is 0 Å². The van der Waals surface area contributed by atoms with Gasteiger partial charge in [0.05, 0.1) is 38.2 Å². The second-order valence-corrected chi connectivity index (χ2v) is 8.70. The molecule has 0 spiro atoms. The van der Waals surface area contributed by atoms with Gasteiger partial charge < -0.3 is 5.32 Å². The SMILES string of the molecule is Cc1c(NC(=O)[C@H](C)N(c2ccc(Cl)c(Cl)c2)S(C)(=O)=O)cccc1[N+](=O)[O-]. The lowest BCUT2D eigenvalue weighted by Crippen LogP contribution is -2.45. The molecule has 2 aromatic carbocycles. The number of nitro groups is 1. The standard InChI is InChI=1S/C17H17Cl2N3O5S/c1-10-15(5-4-6-16(10)22(24)25)20-17(23)11(2)21(28(3,26)27)12-7-8-13(18)14(19)9-12/h4-9,11H,1-3H3,(H,20,23)/t11-/m0/s1. The molecule has 11 heteroatoms. The molecule has 2 aromatic rings. The summed E-state index contributed by atoms with van der Waals surface area (Å²) in [5.41, 5.74) is 0.479. The molecule has 0 aliphatic carbocycles. The van der Waals surface area contributed by atoms with Crippen LogP contribution in [-0.4, -0.2) is 31.5 Å². The van der Waals surface area contributed by atoms with E-state index >= 15 is 0 Å². The minimum Gasteiger partial charge on any atom is -0.324 e. The smallest absolute Gasteiger partial charge is 0.274 e. The monoisotopic (exact) mass is 445 g/mol. The lowest BCUT2D eigenvalue weighted by molar-refractivity contribution is -0.385. The van der Waals surface area contributed by atoms with Gasteiger partial charge in [-0.2, -0.15) is 0 Å². The molecule has 2 rings (SSSR count). The Labute approximate surface area is 172 Å². The summed E-state index contributed by atoms with van der Waals surface area (Å²) in [5.74, 6) is -0.667. The maximum Gasteiger partial charge on any atom is 0.274 e. The molecule has 1 amide bonds. The number of hydrogen-bond donors (Lipinski definition) is 1. The van der Waals surface area contributed by atoms with Crippen molar-refractivity contribution in [1.82, 2.24) is 0 Å². The minimum atomic E-state index is -3.85. The number of benzene rings is 2. The maximum atomic E-state index is 12.7. The number of hydrogen-bond acceptors (Lipinski definition) is 5. The first-order valence-electron chi connectivity index (χ1n) is 7.92. The van der Waals surface area contributed by atoms with E-state index < -0.39 is 26.9 Å². The van der Waals surface area contributed by atoms with Crippen molar-refractivity contribution in [2.24, 2.45) is 0 Å². The number of carbonyl (C=O) groups excluding carboxylic acids is 1. The normalized spacial score (nSPS) is 12.3. The van der Waals surface area contributed by atoms with Gasteiger partial charge in [-0.15, -0.1) is 0 Å². The highest BCUT2D eigenvalue weighted by Crippen LogP contribution is 2.30. The van der Waals surface area contributed by atoms with Crippen LogP contribution in [-0.2, 0) is 14.8 Å². The topological polar surface area (TPSA) is 110 Å². The molecule has 0 fully saturated rings. The number of carbonyl (C=O) groups is 1. The predicted octanol–water partition coefficient (Wildman–Crippen LogP) is 4.00. The van der Waals surface area contributed by atoms with E-state index in [9.17, 15) is 23.3 Å². The van der Waals surface area contributed by atoms with Gasteiger partial charge in [-0.25, -0.2) is 8.42 Å². The van der Waals surface area contributed by atoms with Gasteiger partial charge in [0.15, 0.2) is 0 Å². The van der Waals surface area contributed by atoms with Crippen LogP contribution in [0.1, 0.15) is 12.5 Å². The van der Waals surface area contributed by atoms with Crippen LogP contribution >= 0.6 is 23.2 Å². The molecule has 0 saturated carbocycles. The van der Waals surface area contributed by atoms with Crippen molar-refractivity contribution < 1.29 is 18.1 Å². The molecular weight excluding hydrogens is 429 g/mol. The first-order chi connectivity index (χ1) is 12.9. The molecule has 0 radical (unpaired) electrons. The first kappa shape index (κ1) is 21.9. The van der Waals surface area contributed by atoms with Crippen LogP contribution in [0.4, 0.5) is 17.1 Å². The van der Waals surface area contributed by atoms with Crippen molar-refractivity contribution in [2.45, 2.75) is 19.9 Å². The lowest BCUT2D eigenvalue weighted by Gasteiger charge is -2.28. The Balaban J connectivity index is 2.39. The van der Waals surface area contributed by atoms with Gasteiger partial charge in [0.25, 0.3) is 5.69 Å². The molecule has 0 aliphatic rings. The molecule has 0 unspecified atom stereocenters. The van der Waals surface area contributed by atoms with E-state index in [-0.39, 0.29) is 32.7 Å². The van der Waals surface area contributed by atoms with E-state index in [1.807, 2.05) is 0 Å². The fourth-order valence-electron chi connectivity index (χ4n) is 2.62. The fraction of sp³-hybridized carbons (Fsp3) is 0.235. The number of halogens is 2. The van der Waals surface area contributed by atoms with Gasteiger partial charge in [-0.1, -0.05) is 29.3 Å². The van der Waals surface area contributed by atoms with Crippen LogP contribution in [0.2, 0.25) is 10.0 Å². The van der Waals surface area contributed by atoms with Gasteiger partial charge in [0.2, 0.25) is 15.9 Å². The average Bonchev–Trinajstić information content (AvgIpc) is 2.58. The Morgan fingerprint density at radius 2 is 1.86 bits per heavy atom. The Morgan fingerprint density at radius 3 is 2.39 bits per heavy atom. The average molecular weight is 446 g/mol. The van der Waals surface area contributed by atoms with Gasteiger partial charge >= 0.3 is 0 Å². The van der Waals surface area contributed by atoms with E-state index in [1.165, 1.54) is 50.2 Å². The van der Waals surface area contributed by atoms with Crippen LogP contribution in [0.5, 0.6) is 0 Å². The summed E-state index contributed by atoms with van der Waals surface area (Å²) >= 11 is 11.8. The molecule has 150 valence electrons. The highest BCUT2D eigenvalue weighted by Gasteiger charge is 2.30. The van der Waals surface area contributed by atoms with E-state index in [1.54, 1.807) is 0 Å². The zero-order valence-corrected chi connectivity index (χ0v) is 17.5. The highest BCUT2D eigenvalue weighted by molar-refractivity contribution is 7.92. The molecule has 0 saturated heterocycles. The highest BCUT2D eigenvalue weighted by atomic mass is 35.5. The molecule has 1 atom stereocenters. The summed E-state index contributed by atoms with van der Waals surface area (Å²) in [6.07, 6.45) is 0.956. The number of sulfonamides is 1. The van der Waals surface area contributed by atoms with Gasteiger partial charge in [-0.3, -0.25) is 19.2 Å². The van der Waals surface area contributed by atoms with E-state index in [0.717, 1.165) is 10.6 Å². The Kier molecular flexibility index (Phi) is 6.53. The third kappa shape index (κ3) is 4.73. The number of rotatable bonds is 6. The van der Waals surface area contributed by atoms with E-state index in [4.69, 9.17) is 23.2 Å². The summed E-state index contributed by atoms with van der Waals surface area (Å²) in [4.78, 5) is 23.2. The van der Waals surface area contributed by atoms with E-state index in [0.29, 0.717) is 0 Å². The van der Waals surface area contributed by atoms with Crippen LogP contribution in [0, 0.1) is 17.0 Å². The summed E-state index contributed by atoms with van der Waals surface area (Å²) in [6.45, 7) is 2.89. The summed E-state index contributed by atoms with van der Waals surface area (Å²) < 4.78 is 25.5. The molecule has 0 aromatic heterocycles. The summed E-state index contributed by atoms with van der Waals surface area (Å²) in [7, 11) is -3.85. The Hall–Kier alpha value is -2.36. The van der Waals surface area contributed by atoms with Crippen molar-refractivity contribution >= 4 is 56.2 Å². The molecule has 0 heterocycles. The number of nitrogens with one attached hydrogen (secondary N) is 1. The second-order valence-electron chi connectivity index (χ2n) is 6.03. The number of amides is 1. The van der Waals surface area contributed by atoms with Crippen molar-refractivity contribution in [2.75, 3.05) is 15.9 Å². The van der Waals surface area contributed by atoms with Gasteiger partial charge in [-0.05, 0) is 38.1 Å².